The van der Waals surface area contributed by atoms with Crippen molar-refractivity contribution in [3.63, 3.8) is 0 Å². The van der Waals surface area contributed by atoms with Gasteiger partial charge >= 0.3 is 0 Å². The van der Waals surface area contributed by atoms with Gasteiger partial charge in [-0.3, -0.25) is 4.79 Å². The zero-order chi connectivity index (χ0) is 16.8. The van der Waals surface area contributed by atoms with Crippen LogP contribution in [0.15, 0.2) is 23.1 Å². The van der Waals surface area contributed by atoms with Crippen LogP contribution in [-0.4, -0.2) is 34.0 Å². The average Bonchev–Trinajstić information content (AvgIpc) is 2.52. The molecule has 7 heteroatoms. The average molecular weight is 328 g/mol. The van der Waals surface area contributed by atoms with Gasteiger partial charge in [-0.1, -0.05) is 13.8 Å². The SMILES string of the molecule is CCCNS(=O)(=O)c1cc(C(=O)N[C@H](C)CC)ccc1OC. The predicted octanol–water partition coefficient (Wildman–Crippen LogP) is 1.91. The third-order valence-electron chi connectivity index (χ3n) is 3.25. The molecule has 22 heavy (non-hydrogen) atoms. The number of amides is 1. The van der Waals surface area contributed by atoms with Crippen LogP contribution in [0, 0.1) is 0 Å². The molecule has 1 rings (SSSR count). The van der Waals surface area contributed by atoms with Crippen molar-refractivity contribution >= 4 is 15.9 Å². The summed E-state index contributed by atoms with van der Waals surface area (Å²) >= 11 is 0. The molecule has 0 bridgehead atoms. The molecule has 0 saturated heterocycles. The smallest absolute Gasteiger partial charge is 0.251 e. The molecular weight excluding hydrogens is 304 g/mol. The largest absolute Gasteiger partial charge is 0.495 e. The van der Waals surface area contributed by atoms with Crippen LogP contribution in [0.5, 0.6) is 5.75 Å². The summed E-state index contributed by atoms with van der Waals surface area (Å²) in [6, 6.07) is 4.41. The van der Waals surface area contributed by atoms with E-state index >= 15 is 0 Å². The number of carbonyl (C=O) groups excluding carboxylic acids is 1. The van der Waals surface area contributed by atoms with E-state index in [4.69, 9.17) is 4.74 Å². The second-order valence-electron chi connectivity index (χ2n) is 5.05. The monoisotopic (exact) mass is 328 g/mol. The Labute approximate surface area is 132 Å². The summed E-state index contributed by atoms with van der Waals surface area (Å²) in [6.07, 6.45) is 1.47. The summed E-state index contributed by atoms with van der Waals surface area (Å²) in [5, 5.41) is 2.81. The fourth-order valence-corrected chi connectivity index (χ4v) is 3.08. The summed E-state index contributed by atoms with van der Waals surface area (Å²) in [5.41, 5.74) is 0.290. The number of hydrogen-bond donors (Lipinski definition) is 2. The molecule has 0 spiro atoms. The predicted molar refractivity (Wildman–Crippen MR) is 85.7 cm³/mol. The molecule has 6 nitrogen and oxygen atoms in total. The number of benzene rings is 1. The lowest BCUT2D eigenvalue weighted by atomic mass is 10.2. The highest BCUT2D eigenvalue weighted by Crippen LogP contribution is 2.24. The van der Waals surface area contributed by atoms with Crippen LogP contribution >= 0.6 is 0 Å². The van der Waals surface area contributed by atoms with Crippen molar-refractivity contribution in [3.8, 4) is 5.75 Å². The number of sulfonamides is 1. The first kappa shape index (κ1) is 18.4. The minimum Gasteiger partial charge on any atom is -0.495 e. The van der Waals surface area contributed by atoms with Gasteiger partial charge in [-0.05, 0) is 38.0 Å². The van der Waals surface area contributed by atoms with Crippen LogP contribution in [0.1, 0.15) is 44.0 Å². The topological polar surface area (TPSA) is 84.5 Å². The van der Waals surface area contributed by atoms with Crippen LogP contribution in [0.25, 0.3) is 0 Å². The molecular formula is C15H24N2O4S. The summed E-state index contributed by atoms with van der Waals surface area (Å²) in [6.45, 7) is 6.05. The third-order valence-corrected chi connectivity index (χ3v) is 4.73. The summed E-state index contributed by atoms with van der Waals surface area (Å²) < 4.78 is 32.2. The Morgan fingerprint density at radius 2 is 2.00 bits per heavy atom. The van der Waals surface area contributed by atoms with E-state index in [2.05, 4.69) is 10.0 Å². The Bertz CT molecular complexity index is 614. The molecule has 1 atom stereocenters. The molecule has 2 N–H and O–H groups in total. The zero-order valence-corrected chi connectivity index (χ0v) is 14.3. The van der Waals surface area contributed by atoms with E-state index in [0.29, 0.717) is 13.0 Å². The van der Waals surface area contributed by atoms with Gasteiger partial charge in [0.05, 0.1) is 7.11 Å². The van der Waals surface area contributed by atoms with Gasteiger partial charge in [0.25, 0.3) is 5.91 Å². The van der Waals surface area contributed by atoms with Crippen molar-refractivity contribution in [2.45, 2.75) is 44.6 Å². The van der Waals surface area contributed by atoms with Crippen molar-refractivity contribution in [1.82, 2.24) is 10.0 Å². The van der Waals surface area contributed by atoms with E-state index in [1.807, 2.05) is 20.8 Å². The van der Waals surface area contributed by atoms with Crippen LogP contribution in [0.4, 0.5) is 0 Å². The molecule has 1 amide bonds. The Balaban J connectivity index is 3.16. The maximum atomic E-state index is 12.3. The van der Waals surface area contributed by atoms with Crippen LogP contribution in [0.2, 0.25) is 0 Å². The van der Waals surface area contributed by atoms with Crippen molar-refractivity contribution in [3.05, 3.63) is 23.8 Å². The van der Waals surface area contributed by atoms with Crippen LogP contribution < -0.4 is 14.8 Å². The summed E-state index contributed by atoms with van der Waals surface area (Å²) in [7, 11) is -2.31. The van der Waals surface area contributed by atoms with Crippen molar-refractivity contribution in [2.24, 2.45) is 0 Å². The zero-order valence-electron chi connectivity index (χ0n) is 13.5. The second-order valence-corrected chi connectivity index (χ2v) is 6.78. The first-order chi connectivity index (χ1) is 10.4. The lowest BCUT2D eigenvalue weighted by Crippen LogP contribution is -2.32. The Morgan fingerprint density at radius 1 is 1.32 bits per heavy atom. The fraction of sp³-hybridized carbons (Fsp3) is 0.533. The van der Waals surface area contributed by atoms with E-state index in [-0.39, 0.29) is 28.2 Å². The number of ether oxygens (including phenoxy) is 1. The van der Waals surface area contributed by atoms with E-state index in [1.165, 1.54) is 19.2 Å². The quantitative estimate of drug-likeness (QED) is 0.763. The van der Waals surface area contributed by atoms with Crippen molar-refractivity contribution < 1.29 is 17.9 Å². The summed E-state index contributed by atoms with van der Waals surface area (Å²) in [4.78, 5) is 12.1. The molecule has 1 aromatic carbocycles. The minimum absolute atomic E-state index is 0.0212. The maximum absolute atomic E-state index is 12.3. The molecule has 0 unspecified atom stereocenters. The van der Waals surface area contributed by atoms with Gasteiger partial charge in [0.2, 0.25) is 10.0 Å². The molecule has 0 fully saturated rings. The maximum Gasteiger partial charge on any atom is 0.251 e. The Morgan fingerprint density at radius 3 is 2.55 bits per heavy atom. The third kappa shape index (κ3) is 4.71. The molecule has 0 aliphatic carbocycles. The molecule has 124 valence electrons. The summed E-state index contributed by atoms with van der Waals surface area (Å²) in [5.74, 6) is -0.0902. The number of rotatable bonds is 8. The molecule has 0 aliphatic heterocycles. The van der Waals surface area contributed by atoms with E-state index < -0.39 is 10.0 Å². The second kappa shape index (κ2) is 8.14. The van der Waals surface area contributed by atoms with Gasteiger partial charge in [0, 0.05) is 18.2 Å². The Hall–Kier alpha value is -1.60. The van der Waals surface area contributed by atoms with Gasteiger partial charge < -0.3 is 10.1 Å². The lowest BCUT2D eigenvalue weighted by Gasteiger charge is -2.14. The van der Waals surface area contributed by atoms with Gasteiger partial charge in [-0.15, -0.1) is 0 Å². The first-order valence-electron chi connectivity index (χ1n) is 7.34. The van der Waals surface area contributed by atoms with Gasteiger partial charge in [0.15, 0.2) is 0 Å². The lowest BCUT2D eigenvalue weighted by molar-refractivity contribution is 0.0939. The van der Waals surface area contributed by atoms with Crippen LogP contribution in [0.3, 0.4) is 0 Å². The Kier molecular flexibility index (Phi) is 6.83. The molecule has 0 radical (unpaired) electrons. The molecule has 0 aliphatic rings. The van der Waals surface area contributed by atoms with Crippen molar-refractivity contribution in [1.29, 1.82) is 0 Å². The standard InChI is InChI=1S/C15H24N2O4S/c1-5-9-16-22(19,20)14-10-12(7-8-13(14)21-4)15(18)17-11(3)6-2/h7-8,10-11,16H,5-6,9H2,1-4H3,(H,17,18)/t11-/m1/s1. The van der Waals surface area contributed by atoms with Gasteiger partial charge in [-0.25, -0.2) is 13.1 Å². The van der Waals surface area contributed by atoms with Crippen LogP contribution in [-0.2, 0) is 10.0 Å². The molecule has 0 heterocycles. The molecule has 0 saturated carbocycles. The van der Waals surface area contributed by atoms with Gasteiger partial charge in [-0.2, -0.15) is 0 Å². The van der Waals surface area contributed by atoms with E-state index in [9.17, 15) is 13.2 Å². The number of hydrogen-bond acceptors (Lipinski definition) is 4. The highest BCUT2D eigenvalue weighted by atomic mass is 32.2. The highest BCUT2D eigenvalue weighted by Gasteiger charge is 2.21. The normalized spacial score (nSPS) is 12.7. The van der Waals surface area contributed by atoms with Gasteiger partial charge in [0.1, 0.15) is 10.6 Å². The van der Waals surface area contributed by atoms with Crippen molar-refractivity contribution in [2.75, 3.05) is 13.7 Å². The van der Waals surface area contributed by atoms with E-state index in [0.717, 1.165) is 6.42 Å². The molecule has 0 aromatic heterocycles. The minimum atomic E-state index is -3.71. The van der Waals surface area contributed by atoms with E-state index in [1.54, 1.807) is 6.07 Å². The number of nitrogens with one attached hydrogen (secondary N) is 2. The number of carbonyl (C=O) groups is 1. The number of methoxy groups -OCH3 is 1. The fourth-order valence-electron chi connectivity index (χ4n) is 1.75. The highest BCUT2D eigenvalue weighted by molar-refractivity contribution is 7.89. The molecule has 1 aromatic rings. The first-order valence-corrected chi connectivity index (χ1v) is 8.82.